The van der Waals surface area contributed by atoms with Crippen molar-refractivity contribution in [3.8, 4) is 5.69 Å². The number of benzene rings is 3. The third-order valence-electron chi connectivity index (χ3n) is 6.37. The van der Waals surface area contributed by atoms with Crippen molar-refractivity contribution in [3.05, 3.63) is 118 Å². The van der Waals surface area contributed by atoms with E-state index in [1.165, 1.54) is 10.5 Å². The zero-order chi connectivity index (χ0) is 24.0. The van der Waals surface area contributed by atoms with E-state index >= 15 is 0 Å². The molecule has 1 aliphatic heterocycles. The normalized spacial score (nSPS) is 14.6. The molecule has 4 heteroatoms. The van der Waals surface area contributed by atoms with Gasteiger partial charge in [0, 0.05) is 28.2 Å². The number of rotatable bonds is 3. The van der Waals surface area contributed by atoms with E-state index in [0.29, 0.717) is 22.4 Å². The molecule has 0 saturated carbocycles. The number of carbonyl (C=O) groups is 2. The molecule has 4 aromatic rings. The lowest BCUT2D eigenvalue weighted by Gasteiger charge is -2.29. The molecule has 2 heterocycles. The van der Waals surface area contributed by atoms with Crippen LogP contribution in [0.4, 0.5) is 5.69 Å². The third-order valence-corrected chi connectivity index (χ3v) is 6.37. The van der Waals surface area contributed by atoms with Crippen LogP contribution in [0.5, 0.6) is 0 Å². The SMILES string of the molecule is Cc1cccc(N2C(=O)C(=Cc3cc(C)n(-c4cccc(C)c4)c3C)c3ccccc3C2=O)c1. The molecule has 3 aromatic carbocycles. The van der Waals surface area contributed by atoms with E-state index in [9.17, 15) is 9.59 Å². The van der Waals surface area contributed by atoms with Gasteiger partial charge in [0.1, 0.15) is 0 Å². The zero-order valence-electron chi connectivity index (χ0n) is 19.8. The maximum Gasteiger partial charge on any atom is 0.265 e. The van der Waals surface area contributed by atoms with Crippen LogP contribution in [0.15, 0.2) is 78.9 Å². The van der Waals surface area contributed by atoms with Crippen molar-refractivity contribution < 1.29 is 9.59 Å². The Balaban J connectivity index is 1.68. The Morgan fingerprint density at radius 2 is 1.26 bits per heavy atom. The van der Waals surface area contributed by atoms with Gasteiger partial charge >= 0.3 is 0 Å². The third kappa shape index (κ3) is 3.57. The highest BCUT2D eigenvalue weighted by molar-refractivity contribution is 6.43. The van der Waals surface area contributed by atoms with Gasteiger partial charge in [-0.3, -0.25) is 9.59 Å². The summed E-state index contributed by atoms with van der Waals surface area (Å²) in [6.07, 6.45) is 1.92. The Bertz CT molecular complexity index is 1490. The summed E-state index contributed by atoms with van der Waals surface area (Å²) in [4.78, 5) is 28.4. The number of carbonyl (C=O) groups excluding carboxylic acids is 2. The topological polar surface area (TPSA) is 42.3 Å². The molecule has 34 heavy (non-hydrogen) atoms. The molecule has 1 aliphatic rings. The van der Waals surface area contributed by atoms with Crippen LogP contribution in [0.3, 0.4) is 0 Å². The second kappa shape index (κ2) is 8.31. The van der Waals surface area contributed by atoms with Crippen molar-refractivity contribution in [3.63, 3.8) is 0 Å². The molecule has 0 bridgehead atoms. The average molecular weight is 447 g/mol. The molecule has 0 aliphatic carbocycles. The molecule has 2 amide bonds. The zero-order valence-corrected chi connectivity index (χ0v) is 19.8. The summed E-state index contributed by atoms with van der Waals surface area (Å²) in [5, 5.41) is 0. The van der Waals surface area contributed by atoms with Crippen LogP contribution in [0.1, 0.15) is 44.0 Å². The second-order valence-corrected chi connectivity index (χ2v) is 8.89. The first-order valence-corrected chi connectivity index (χ1v) is 11.4. The summed E-state index contributed by atoms with van der Waals surface area (Å²) in [6, 6.07) is 25.3. The molecule has 5 rings (SSSR count). The average Bonchev–Trinajstić information content (AvgIpc) is 3.09. The minimum Gasteiger partial charge on any atom is -0.318 e. The van der Waals surface area contributed by atoms with Crippen molar-refractivity contribution in [2.45, 2.75) is 27.7 Å². The molecule has 0 saturated heterocycles. The minimum absolute atomic E-state index is 0.298. The fraction of sp³-hybridized carbons (Fsp3) is 0.133. The first kappa shape index (κ1) is 21.7. The minimum atomic E-state index is -0.311. The molecular weight excluding hydrogens is 420 g/mol. The van der Waals surface area contributed by atoms with E-state index < -0.39 is 0 Å². The monoisotopic (exact) mass is 446 g/mol. The van der Waals surface area contributed by atoms with Gasteiger partial charge in [-0.15, -0.1) is 0 Å². The molecule has 0 fully saturated rings. The maximum absolute atomic E-state index is 13.8. The van der Waals surface area contributed by atoms with E-state index in [4.69, 9.17) is 0 Å². The lowest BCUT2D eigenvalue weighted by molar-refractivity contribution is -0.112. The number of aryl methyl sites for hydroxylation is 3. The fourth-order valence-electron chi connectivity index (χ4n) is 4.75. The number of hydrogen-bond donors (Lipinski definition) is 0. The Kier molecular flexibility index (Phi) is 5.29. The van der Waals surface area contributed by atoms with Crippen LogP contribution in [-0.4, -0.2) is 16.4 Å². The number of fused-ring (bicyclic) bond motifs is 1. The van der Waals surface area contributed by atoms with Crippen molar-refractivity contribution in [1.82, 2.24) is 4.57 Å². The summed E-state index contributed by atoms with van der Waals surface area (Å²) < 4.78 is 2.20. The number of amides is 2. The summed E-state index contributed by atoms with van der Waals surface area (Å²) in [7, 11) is 0. The van der Waals surface area contributed by atoms with E-state index in [2.05, 4.69) is 49.6 Å². The van der Waals surface area contributed by atoms with Crippen LogP contribution in [0.25, 0.3) is 17.3 Å². The highest BCUT2D eigenvalue weighted by atomic mass is 16.2. The lowest BCUT2D eigenvalue weighted by atomic mass is 9.91. The largest absolute Gasteiger partial charge is 0.318 e. The van der Waals surface area contributed by atoms with Gasteiger partial charge in [-0.2, -0.15) is 0 Å². The Labute approximate surface area is 199 Å². The van der Waals surface area contributed by atoms with Gasteiger partial charge in [-0.25, -0.2) is 4.90 Å². The summed E-state index contributed by atoms with van der Waals surface area (Å²) in [5.41, 5.74) is 8.64. The van der Waals surface area contributed by atoms with Gasteiger partial charge in [0.15, 0.2) is 0 Å². The molecule has 0 N–H and O–H groups in total. The predicted molar refractivity (Wildman–Crippen MR) is 137 cm³/mol. The van der Waals surface area contributed by atoms with Gasteiger partial charge in [0.05, 0.1) is 5.69 Å². The van der Waals surface area contributed by atoms with Crippen LogP contribution in [0.2, 0.25) is 0 Å². The van der Waals surface area contributed by atoms with E-state index in [1.54, 1.807) is 12.1 Å². The maximum atomic E-state index is 13.8. The summed E-state index contributed by atoms with van der Waals surface area (Å²) in [5.74, 6) is -0.608. The number of imide groups is 1. The molecular formula is C30H26N2O2. The Morgan fingerprint density at radius 1 is 0.647 bits per heavy atom. The number of anilines is 1. The van der Waals surface area contributed by atoms with Gasteiger partial charge in [-0.1, -0.05) is 42.5 Å². The first-order valence-electron chi connectivity index (χ1n) is 11.4. The smallest absolute Gasteiger partial charge is 0.265 e. The molecule has 0 spiro atoms. The van der Waals surface area contributed by atoms with E-state index in [1.807, 2.05) is 55.5 Å². The van der Waals surface area contributed by atoms with Crippen molar-refractivity contribution in [2.24, 2.45) is 0 Å². The second-order valence-electron chi connectivity index (χ2n) is 8.89. The Hall–Kier alpha value is -4.18. The number of nitrogens with zero attached hydrogens (tertiary/aromatic N) is 2. The fourth-order valence-corrected chi connectivity index (χ4v) is 4.75. The van der Waals surface area contributed by atoms with Crippen LogP contribution in [0, 0.1) is 27.7 Å². The van der Waals surface area contributed by atoms with Crippen molar-refractivity contribution >= 4 is 29.2 Å². The van der Waals surface area contributed by atoms with Gasteiger partial charge in [-0.05, 0) is 92.4 Å². The van der Waals surface area contributed by atoms with Crippen LogP contribution < -0.4 is 4.90 Å². The van der Waals surface area contributed by atoms with Crippen LogP contribution >= 0.6 is 0 Å². The van der Waals surface area contributed by atoms with E-state index in [-0.39, 0.29) is 11.8 Å². The molecule has 168 valence electrons. The quantitative estimate of drug-likeness (QED) is 0.268. The summed E-state index contributed by atoms with van der Waals surface area (Å²) in [6.45, 7) is 8.16. The highest BCUT2D eigenvalue weighted by Gasteiger charge is 2.36. The van der Waals surface area contributed by atoms with Gasteiger partial charge in [0.2, 0.25) is 0 Å². The van der Waals surface area contributed by atoms with Crippen LogP contribution in [-0.2, 0) is 4.79 Å². The number of hydrogen-bond acceptors (Lipinski definition) is 2. The standard InChI is InChI=1S/C30H26N2O2/c1-19-9-7-11-24(15-19)31-21(3)17-23(22(31)4)18-28-26-13-5-6-14-27(26)29(33)32(30(28)34)25-12-8-10-20(2)16-25/h5-18H,1-4H3. The van der Waals surface area contributed by atoms with Gasteiger partial charge < -0.3 is 4.57 Å². The first-order chi connectivity index (χ1) is 16.3. The predicted octanol–water partition coefficient (Wildman–Crippen LogP) is 6.44. The molecule has 4 nitrogen and oxygen atoms in total. The van der Waals surface area contributed by atoms with Gasteiger partial charge in [0.25, 0.3) is 11.8 Å². The molecule has 0 unspecified atom stereocenters. The summed E-state index contributed by atoms with van der Waals surface area (Å²) >= 11 is 0. The molecule has 1 aromatic heterocycles. The van der Waals surface area contributed by atoms with E-state index in [0.717, 1.165) is 28.2 Å². The highest BCUT2D eigenvalue weighted by Crippen LogP contribution is 2.35. The lowest BCUT2D eigenvalue weighted by Crippen LogP contribution is -2.41. The molecule has 0 atom stereocenters. The van der Waals surface area contributed by atoms with Crippen molar-refractivity contribution in [1.29, 1.82) is 0 Å². The Morgan fingerprint density at radius 3 is 1.94 bits per heavy atom. The van der Waals surface area contributed by atoms with Crippen molar-refractivity contribution in [2.75, 3.05) is 4.90 Å². The molecule has 0 radical (unpaired) electrons. The number of aromatic nitrogens is 1.